The van der Waals surface area contributed by atoms with Crippen LogP contribution in [-0.4, -0.2) is 5.67 Å². The average molecular weight is 144 g/mol. The van der Waals surface area contributed by atoms with Crippen molar-refractivity contribution in [3.05, 3.63) is 0 Å². The number of alkyl halides is 1. The Morgan fingerprint density at radius 2 is 1.90 bits per heavy atom. The first-order chi connectivity index (χ1) is 4.51. The topological polar surface area (TPSA) is 0 Å². The van der Waals surface area contributed by atoms with E-state index in [0.29, 0.717) is 5.92 Å². The van der Waals surface area contributed by atoms with Crippen LogP contribution in [0.15, 0.2) is 0 Å². The molecule has 0 amide bonds. The monoisotopic (exact) mass is 144 g/mol. The molecule has 0 aromatic rings. The second-order valence-corrected chi connectivity index (χ2v) is 4.11. The second kappa shape index (κ2) is 2.52. The predicted octanol–water partition coefficient (Wildman–Crippen LogP) is 3.17. The fraction of sp³-hybridized carbons (Fsp3) is 1.00. The van der Waals surface area contributed by atoms with Crippen LogP contribution in [0, 0.1) is 11.8 Å². The average Bonchev–Trinajstić information content (AvgIpc) is 1.79. The summed E-state index contributed by atoms with van der Waals surface area (Å²) in [5.74, 6) is 1.30. The van der Waals surface area contributed by atoms with Crippen molar-refractivity contribution in [2.45, 2.75) is 45.7 Å². The maximum atomic E-state index is 13.3. The largest absolute Gasteiger partial charge is 0.244 e. The van der Waals surface area contributed by atoms with E-state index in [0.717, 1.165) is 25.2 Å². The lowest BCUT2D eigenvalue weighted by Gasteiger charge is -2.34. The van der Waals surface area contributed by atoms with Gasteiger partial charge in [-0.25, -0.2) is 4.39 Å². The van der Waals surface area contributed by atoms with Crippen LogP contribution in [-0.2, 0) is 0 Å². The molecule has 3 atom stereocenters. The molecule has 1 saturated carbocycles. The Labute approximate surface area is 62.8 Å². The summed E-state index contributed by atoms with van der Waals surface area (Å²) in [6.45, 7) is 6.11. The fourth-order valence-electron chi connectivity index (χ4n) is 1.79. The summed E-state index contributed by atoms with van der Waals surface area (Å²) in [6.07, 6.45) is 2.58. The summed E-state index contributed by atoms with van der Waals surface area (Å²) < 4.78 is 13.3. The van der Waals surface area contributed by atoms with E-state index in [9.17, 15) is 4.39 Å². The molecule has 0 radical (unpaired) electrons. The van der Waals surface area contributed by atoms with Crippen LogP contribution in [0.25, 0.3) is 0 Å². The molecule has 1 aliphatic carbocycles. The van der Waals surface area contributed by atoms with Gasteiger partial charge >= 0.3 is 0 Å². The molecule has 0 saturated heterocycles. The van der Waals surface area contributed by atoms with Crippen molar-refractivity contribution in [3.8, 4) is 0 Å². The molecule has 0 aromatic carbocycles. The van der Waals surface area contributed by atoms with E-state index in [1.807, 2.05) is 0 Å². The molecule has 1 rings (SSSR count). The highest BCUT2D eigenvalue weighted by Gasteiger charge is 2.33. The van der Waals surface area contributed by atoms with Crippen LogP contribution < -0.4 is 0 Å². The van der Waals surface area contributed by atoms with Gasteiger partial charge in [-0.15, -0.1) is 0 Å². The van der Waals surface area contributed by atoms with E-state index in [1.54, 1.807) is 6.92 Å². The molecule has 1 heteroatoms. The molecule has 1 unspecified atom stereocenters. The van der Waals surface area contributed by atoms with Crippen LogP contribution in [0.1, 0.15) is 40.0 Å². The van der Waals surface area contributed by atoms with Gasteiger partial charge in [0.1, 0.15) is 5.67 Å². The van der Waals surface area contributed by atoms with Crippen molar-refractivity contribution < 1.29 is 4.39 Å². The van der Waals surface area contributed by atoms with Gasteiger partial charge in [0.15, 0.2) is 0 Å². The van der Waals surface area contributed by atoms with Gasteiger partial charge in [-0.1, -0.05) is 13.8 Å². The molecule has 1 fully saturated rings. The quantitative estimate of drug-likeness (QED) is 0.490. The smallest absolute Gasteiger partial charge is 0.108 e. The Hall–Kier alpha value is -0.0700. The van der Waals surface area contributed by atoms with Crippen LogP contribution in [0.3, 0.4) is 0 Å². The SMILES string of the molecule is C[C@@H]1CCC(C)(F)C[C@@H]1C. The summed E-state index contributed by atoms with van der Waals surface area (Å²) in [5, 5.41) is 0. The molecule has 0 N–H and O–H groups in total. The molecule has 0 bridgehead atoms. The van der Waals surface area contributed by atoms with Gasteiger partial charge in [0.05, 0.1) is 0 Å². The highest BCUT2D eigenvalue weighted by atomic mass is 19.1. The van der Waals surface area contributed by atoms with Crippen LogP contribution >= 0.6 is 0 Å². The minimum absolute atomic E-state index is 0.573. The van der Waals surface area contributed by atoms with E-state index in [-0.39, 0.29) is 0 Å². The zero-order valence-corrected chi connectivity index (χ0v) is 7.15. The third-order valence-corrected chi connectivity index (χ3v) is 2.84. The molecular weight excluding hydrogens is 127 g/mol. The highest BCUT2D eigenvalue weighted by molar-refractivity contribution is 4.84. The first kappa shape index (κ1) is 8.03. The van der Waals surface area contributed by atoms with Crippen LogP contribution in [0.5, 0.6) is 0 Å². The van der Waals surface area contributed by atoms with Crippen molar-refractivity contribution in [1.82, 2.24) is 0 Å². The minimum Gasteiger partial charge on any atom is -0.244 e. The summed E-state index contributed by atoms with van der Waals surface area (Å²) >= 11 is 0. The van der Waals surface area contributed by atoms with Gasteiger partial charge in [-0.3, -0.25) is 0 Å². The molecule has 0 aromatic heterocycles. The third kappa shape index (κ3) is 1.71. The molecule has 0 spiro atoms. The first-order valence-electron chi connectivity index (χ1n) is 4.20. The zero-order valence-electron chi connectivity index (χ0n) is 7.15. The van der Waals surface area contributed by atoms with Crippen LogP contribution in [0.2, 0.25) is 0 Å². The first-order valence-corrected chi connectivity index (χ1v) is 4.20. The van der Waals surface area contributed by atoms with E-state index in [4.69, 9.17) is 0 Å². The van der Waals surface area contributed by atoms with Crippen molar-refractivity contribution in [2.75, 3.05) is 0 Å². The van der Waals surface area contributed by atoms with Gasteiger partial charge < -0.3 is 0 Å². The molecular formula is C9H17F. The summed E-state index contributed by atoms with van der Waals surface area (Å²) in [5.41, 5.74) is -0.869. The van der Waals surface area contributed by atoms with E-state index in [2.05, 4.69) is 13.8 Å². The summed E-state index contributed by atoms with van der Waals surface area (Å²) in [4.78, 5) is 0. The van der Waals surface area contributed by atoms with E-state index < -0.39 is 5.67 Å². The minimum atomic E-state index is -0.869. The van der Waals surface area contributed by atoms with Gasteiger partial charge in [0.25, 0.3) is 0 Å². The van der Waals surface area contributed by atoms with Gasteiger partial charge in [-0.2, -0.15) is 0 Å². The Kier molecular flexibility index (Phi) is 2.02. The van der Waals surface area contributed by atoms with Crippen molar-refractivity contribution >= 4 is 0 Å². The number of halogens is 1. The van der Waals surface area contributed by atoms with Gasteiger partial charge in [0.2, 0.25) is 0 Å². The highest BCUT2D eigenvalue weighted by Crippen LogP contribution is 2.37. The lowest BCUT2D eigenvalue weighted by molar-refractivity contribution is 0.0710. The molecule has 1 aliphatic rings. The second-order valence-electron chi connectivity index (χ2n) is 4.11. The summed E-state index contributed by atoms with van der Waals surface area (Å²) in [6, 6.07) is 0. The predicted molar refractivity (Wildman–Crippen MR) is 41.7 cm³/mol. The molecule has 60 valence electrons. The zero-order chi connectivity index (χ0) is 7.78. The number of hydrogen-bond donors (Lipinski definition) is 0. The Balaban J connectivity index is 2.49. The third-order valence-electron chi connectivity index (χ3n) is 2.84. The molecule has 0 nitrogen and oxygen atoms in total. The number of hydrogen-bond acceptors (Lipinski definition) is 0. The van der Waals surface area contributed by atoms with Gasteiger partial charge in [-0.05, 0) is 38.0 Å². The fourth-order valence-corrected chi connectivity index (χ4v) is 1.79. The van der Waals surface area contributed by atoms with E-state index in [1.165, 1.54) is 0 Å². The van der Waals surface area contributed by atoms with Crippen molar-refractivity contribution in [2.24, 2.45) is 11.8 Å². The maximum Gasteiger partial charge on any atom is 0.108 e. The van der Waals surface area contributed by atoms with Gasteiger partial charge in [0, 0.05) is 0 Å². The maximum absolute atomic E-state index is 13.3. The summed E-state index contributed by atoms with van der Waals surface area (Å²) in [7, 11) is 0. The lowest BCUT2D eigenvalue weighted by Crippen LogP contribution is -2.30. The van der Waals surface area contributed by atoms with Crippen molar-refractivity contribution in [1.29, 1.82) is 0 Å². The molecule has 10 heavy (non-hydrogen) atoms. The van der Waals surface area contributed by atoms with Crippen molar-refractivity contribution in [3.63, 3.8) is 0 Å². The Morgan fingerprint density at radius 1 is 1.30 bits per heavy atom. The lowest BCUT2D eigenvalue weighted by atomic mass is 9.75. The number of rotatable bonds is 0. The Bertz CT molecular complexity index is 118. The standard InChI is InChI=1S/C9H17F/c1-7-4-5-9(3,10)6-8(7)2/h7-8H,4-6H2,1-3H3/t7-,8+,9?/m1/s1. The normalized spacial score (nSPS) is 49.2. The Morgan fingerprint density at radius 3 is 2.30 bits per heavy atom. The van der Waals surface area contributed by atoms with Crippen LogP contribution in [0.4, 0.5) is 4.39 Å². The van der Waals surface area contributed by atoms with E-state index >= 15 is 0 Å². The molecule has 0 aliphatic heterocycles. The molecule has 0 heterocycles.